The lowest BCUT2D eigenvalue weighted by Crippen LogP contribution is -2.50. The number of hydrogen-bond donors (Lipinski definition) is 2. The van der Waals surface area contributed by atoms with Crippen molar-refractivity contribution in [1.82, 2.24) is 15.1 Å². The molecule has 19 heavy (non-hydrogen) atoms. The van der Waals surface area contributed by atoms with Crippen molar-refractivity contribution in [3.8, 4) is 5.75 Å². The van der Waals surface area contributed by atoms with E-state index >= 15 is 0 Å². The van der Waals surface area contributed by atoms with Crippen LogP contribution in [0.3, 0.4) is 0 Å². The first kappa shape index (κ1) is 17.7. The summed E-state index contributed by atoms with van der Waals surface area (Å²) in [6.07, 6.45) is 0. The Kier molecular flexibility index (Phi) is 6.32. The fraction of sp³-hybridized carbons (Fsp3) is 0.667. The number of hydrogen-bond acceptors (Lipinski definition) is 4. The second kappa shape index (κ2) is 6.77. The first-order valence-corrected chi connectivity index (χ1v) is 5.91. The minimum atomic E-state index is -0.417. The predicted molar refractivity (Wildman–Crippen MR) is 76.7 cm³/mol. The smallest absolute Gasteiger partial charge is 0.258 e. The Morgan fingerprint density at radius 3 is 2.47 bits per heavy atom. The summed E-state index contributed by atoms with van der Waals surface area (Å²) in [6, 6.07) is 0. The number of carbonyl (C=O) groups excluding carboxylic acids is 1. The zero-order valence-electron chi connectivity index (χ0n) is 12.1. The Morgan fingerprint density at radius 2 is 2.05 bits per heavy atom. The minimum absolute atomic E-state index is 0. The van der Waals surface area contributed by atoms with E-state index in [1.165, 1.54) is 0 Å². The van der Waals surface area contributed by atoms with Gasteiger partial charge in [0.1, 0.15) is 5.69 Å². The van der Waals surface area contributed by atoms with E-state index < -0.39 is 5.54 Å². The number of nitrogens with two attached hydrogens (primary N) is 1. The summed E-state index contributed by atoms with van der Waals surface area (Å²) in [5.74, 6) is 0.478. The fourth-order valence-electron chi connectivity index (χ4n) is 1.57. The lowest BCUT2D eigenvalue weighted by Gasteiger charge is -2.24. The molecule has 1 amide bonds. The summed E-state index contributed by atoms with van der Waals surface area (Å²) in [7, 11) is 1.84. The Balaban J connectivity index is 0.00000324. The third-order valence-electron chi connectivity index (χ3n) is 2.78. The maximum absolute atomic E-state index is 11.7. The van der Waals surface area contributed by atoms with Gasteiger partial charge in [0.05, 0.1) is 5.69 Å². The molecular weight excluding hydrogens is 268 g/mol. The van der Waals surface area contributed by atoms with Crippen LogP contribution in [-0.4, -0.2) is 34.4 Å². The van der Waals surface area contributed by atoms with Crippen LogP contribution in [0.4, 0.5) is 0 Å². The first-order valence-electron chi connectivity index (χ1n) is 5.91. The maximum atomic E-state index is 11.7. The van der Waals surface area contributed by atoms with Gasteiger partial charge in [0.15, 0.2) is 12.4 Å². The van der Waals surface area contributed by atoms with E-state index in [4.69, 9.17) is 10.5 Å². The van der Waals surface area contributed by atoms with Gasteiger partial charge >= 0.3 is 0 Å². The van der Waals surface area contributed by atoms with Crippen molar-refractivity contribution < 1.29 is 9.53 Å². The van der Waals surface area contributed by atoms with Gasteiger partial charge in [0, 0.05) is 19.1 Å². The van der Waals surface area contributed by atoms with Crippen molar-refractivity contribution in [2.24, 2.45) is 12.8 Å². The molecule has 0 atom stereocenters. The topological polar surface area (TPSA) is 82.2 Å². The van der Waals surface area contributed by atoms with E-state index in [2.05, 4.69) is 10.4 Å². The summed E-state index contributed by atoms with van der Waals surface area (Å²) < 4.78 is 7.23. The molecule has 1 heterocycles. The predicted octanol–water partition coefficient (Wildman–Crippen LogP) is 0.691. The molecule has 0 aliphatic heterocycles. The van der Waals surface area contributed by atoms with Gasteiger partial charge in [-0.2, -0.15) is 5.10 Å². The summed E-state index contributed by atoms with van der Waals surface area (Å²) in [5, 5.41) is 7.03. The molecule has 1 aromatic rings. The number of nitrogens with zero attached hydrogens (tertiary/aromatic N) is 2. The fourth-order valence-corrected chi connectivity index (χ4v) is 1.57. The molecule has 0 saturated heterocycles. The second-order valence-electron chi connectivity index (χ2n) is 5.05. The van der Waals surface area contributed by atoms with E-state index in [9.17, 15) is 4.79 Å². The molecule has 0 unspecified atom stereocenters. The third-order valence-corrected chi connectivity index (χ3v) is 2.78. The van der Waals surface area contributed by atoms with E-state index in [1.54, 1.807) is 4.68 Å². The van der Waals surface area contributed by atoms with Gasteiger partial charge in [-0.15, -0.1) is 12.4 Å². The third kappa shape index (κ3) is 4.72. The van der Waals surface area contributed by atoms with E-state index in [-0.39, 0.29) is 24.9 Å². The van der Waals surface area contributed by atoms with Crippen LogP contribution in [0.2, 0.25) is 0 Å². The molecule has 0 saturated carbocycles. The summed E-state index contributed by atoms with van der Waals surface area (Å²) in [4.78, 5) is 11.7. The highest BCUT2D eigenvalue weighted by atomic mass is 35.5. The van der Waals surface area contributed by atoms with Crippen LogP contribution < -0.4 is 15.8 Å². The van der Waals surface area contributed by atoms with Gasteiger partial charge in [-0.05, 0) is 27.7 Å². The van der Waals surface area contributed by atoms with Crippen LogP contribution in [0.15, 0.2) is 0 Å². The highest BCUT2D eigenvalue weighted by molar-refractivity contribution is 5.85. The summed E-state index contributed by atoms with van der Waals surface area (Å²) >= 11 is 0. The van der Waals surface area contributed by atoms with E-state index in [0.717, 1.165) is 11.4 Å². The first-order chi connectivity index (χ1) is 8.26. The number of rotatable bonds is 5. The average molecular weight is 291 g/mol. The average Bonchev–Trinajstić information content (AvgIpc) is 2.50. The molecule has 0 aliphatic rings. The van der Waals surface area contributed by atoms with Crippen molar-refractivity contribution in [2.75, 3.05) is 13.2 Å². The molecular formula is C12H23ClN4O2. The zero-order valence-corrected chi connectivity index (χ0v) is 12.9. The quantitative estimate of drug-likeness (QED) is 0.836. The van der Waals surface area contributed by atoms with Crippen molar-refractivity contribution in [2.45, 2.75) is 33.2 Å². The van der Waals surface area contributed by atoms with E-state index in [0.29, 0.717) is 12.3 Å². The van der Waals surface area contributed by atoms with Crippen LogP contribution in [0.25, 0.3) is 0 Å². The Labute approximate surface area is 120 Å². The van der Waals surface area contributed by atoms with E-state index in [1.807, 2.05) is 34.7 Å². The molecule has 110 valence electrons. The Bertz CT molecular complexity index is 443. The van der Waals surface area contributed by atoms with Crippen molar-refractivity contribution >= 4 is 18.3 Å². The zero-order chi connectivity index (χ0) is 13.9. The van der Waals surface area contributed by atoms with Gasteiger partial charge < -0.3 is 15.8 Å². The number of aryl methyl sites for hydroxylation is 2. The maximum Gasteiger partial charge on any atom is 0.258 e. The van der Waals surface area contributed by atoms with Crippen LogP contribution in [0.5, 0.6) is 5.75 Å². The molecule has 0 bridgehead atoms. The van der Waals surface area contributed by atoms with Crippen LogP contribution in [0, 0.1) is 13.8 Å². The minimum Gasteiger partial charge on any atom is -0.480 e. The van der Waals surface area contributed by atoms with Gasteiger partial charge in [0.25, 0.3) is 5.91 Å². The number of halogens is 1. The SMILES string of the molecule is Cc1nn(C)c(C)c1OCC(=O)NC(C)(C)CN.Cl. The van der Waals surface area contributed by atoms with Crippen molar-refractivity contribution in [3.63, 3.8) is 0 Å². The Hall–Kier alpha value is -1.27. The normalized spacial score (nSPS) is 10.8. The lowest BCUT2D eigenvalue weighted by atomic mass is 10.1. The molecule has 1 rings (SSSR count). The molecule has 0 fully saturated rings. The lowest BCUT2D eigenvalue weighted by molar-refractivity contribution is -0.124. The Morgan fingerprint density at radius 1 is 1.47 bits per heavy atom. The molecule has 7 heteroatoms. The van der Waals surface area contributed by atoms with Gasteiger partial charge in [-0.3, -0.25) is 9.48 Å². The van der Waals surface area contributed by atoms with Crippen LogP contribution >= 0.6 is 12.4 Å². The number of ether oxygens (including phenoxy) is 1. The second-order valence-corrected chi connectivity index (χ2v) is 5.05. The van der Waals surface area contributed by atoms with Crippen molar-refractivity contribution in [1.29, 1.82) is 0 Å². The monoisotopic (exact) mass is 290 g/mol. The highest BCUT2D eigenvalue weighted by Crippen LogP contribution is 2.21. The summed E-state index contributed by atoms with van der Waals surface area (Å²) in [6.45, 7) is 7.83. The number of aromatic nitrogens is 2. The van der Waals surface area contributed by atoms with Crippen molar-refractivity contribution in [3.05, 3.63) is 11.4 Å². The molecule has 0 aliphatic carbocycles. The number of amides is 1. The number of carbonyl (C=O) groups is 1. The molecule has 0 aromatic carbocycles. The molecule has 6 nitrogen and oxygen atoms in total. The number of nitrogens with one attached hydrogen (secondary N) is 1. The highest BCUT2D eigenvalue weighted by Gasteiger charge is 2.19. The standard InChI is InChI=1S/C12H22N4O2.ClH/c1-8-11(9(2)16(5)15-8)18-6-10(17)14-12(3,4)7-13;/h6-7,13H2,1-5H3,(H,14,17);1H. The van der Waals surface area contributed by atoms with Gasteiger partial charge in [-0.1, -0.05) is 0 Å². The van der Waals surface area contributed by atoms with Crippen LogP contribution in [-0.2, 0) is 11.8 Å². The van der Waals surface area contributed by atoms with Gasteiger partial charge in [0.2, 0.25) is 0 Å². The molecule has 0 radical (unpaired) electrons. The molecule has 3 N–H and O–H groups in total. The largest absolute Gasteiger partial charge is 0.480 e. The van der Waals surface area contributed by atoms with Crippen LogP contribution in [0.1, 0.15) is 25.2 Å². The molecule has 0 spiro atoms. The molecule has 1 aromatic heterocycles. The summed E-state index contributed by atoms with van der Waals surface area (Å²) in [5.41, 5.74) is 6.81. The van der Waals surface area contributed by atoms with Gasteiger partial charge in [-0.25, -0.2) is 0 Å².